The van der Waals surface area contributed by atoms with E-state index in [0.717, 1.165) is 28.6 Å². The predicted octanol–water partition coefficient (Wildman–Crippen LogP) is 3.80. The van der Waals surface area contributed by atoms with Crippen molar-refractivity contribution in [2.24, 2.45) is 0 Å². The molecule has 0 spiro atoms. The monoisotopic (exact) mass is 372 g/mol. The molecule has 0 amide bonds. The number of thioether (sulfide) groups is 1. The molecule has 0 radical (unpaired) electrons. The van der Waals surface area contributed by atoms with E-state index < -0.39 is 5.97 Å². The zero-order valence-corrected chi connectivity index (χ0v) is 14.7. The topological polar surface area (TPSA) is 75.2 Å². The molecule has 0 unspecified atom stereocenters. The molecule has 1 heterocycles. The number of carbonyl (C=O) groups is 1. The minimum atomic E-state index is -0.894. The van der Waals surface area contributed by atoms with Gasteiger partial charge in [0.25, 0.3) is 0 Å². The molecule has 0 aliphatic rings. The number of nitrogens with one attached hydrogen (secondary N) is 1. The molecule has 5 nitrogen and oxygen atoms in total. The number of aliphatic carboxylic acids is 1. The van der Waals surface area contributed by atoms with Gasteiger partial charge in [0.1, 0.15) is 5.75 Å². The summed E-state index contributed by atoms with van der Waals surface area (Å²) in [5.41, 5.74) is 2.95. The van der Waals surface area contributed by atoms with Crippen molar-refractivity contribution in [1.82, 2.24) is 9.97 Å². The zero-order chi connectivity index (χ0) is 17.8. The maximum absolute atomic E-state index is 10.6. The fraction of sp³-hybridized carbons (Fsp3) is 0.111. The molecule has 0 aliphatic heterocycles. The Morgan fingerprint density at radius 1 is 1.32 bits per heavy atom. The largest absolute Gasteiger partial charge is 0.497 e. The second-order valence-corrected chi connectivity index (χ2v) is 6.42. The molecule has 0 bridgehead atoms. The lowest BCUT2D eigenvalue weighted by molar-refractivity contribution is -0.133. The number of halogens is 1. The minimum Gasteiger partial charge on any atom is -0.497 e. The number of hydrogen-bond donors (Lipinski definition) is 2. The Bertz CT molecular complexity index is 987. The van der Waals surface area contributed by atoms with Gasteiger partial charge in [-0.2, -0.15) is 0 Å². The van der Waals surface area contributed by atoms with Crippen LogP contribution in [0.4, 0.5) is 0 Å². The minimum absolute atomic E-state index is 0.0579. The molecule has 126 valence electrons. The molecular formula is C18H13ClN2O3S. The summed E-state index contributed by atoms with van der Waals surface area (Å²) in [7, 11) is 1.61. The molecule has 0 aliphatic carbocycles. The number of ether oxygens (including phenoxy) is 1. The van der Waals surface area contributed by atoms with Crippen LogP contribution in [0.25, 0.3) is 11.0 Å². The third kappa shape index (κ3) is 4.27. The summed E-state index contributed by atoms with van der Waals surface area (Å²) in [5, 5.41) is 9.77. The number of carboxylic acids is 1. The van der Waals surface area contributed by atoms with Crippen molar-refractivity contribution in [1.29, 1.82) is 0 Å². The third-order valence-electron chi connectivity index (χ3n) is 3.31. The number of aromatic nitrogens is 2. The fourth-order valence-electron chi connectivity index (χ4n) is 2.12. The second-order valence-electron chi connectivity index (χ2n) is 5.05. The van der Waals surface area contributed by atoms with Gasteiger partial charge in [-0.3, -0.25) is 4.79 Å². The number of methoxy groups -OCH3 is 1. The van der Waals surface area contributed by atoms with Crippen LogP contribution in [0.3, 0.4) is 0 Å². The van der Waals surface area contributed by atoms with E-state index in [2.05, 4.69) is 21.8 Å². The van der Waals surface area contributed by atoms with E-state index >= 15 is 0 Å². The highest BCUT2D eigenvalue weighted by molar-refractivity contribution is 7.99. The highest BCUT2D eigenvalue weighted by Crippen LogP contribution is 2.25. The number of rotatable bonds is 4. The number of carboxylic acid groups (broad SMARTS) is 1. The summed E-state index contributed by atoms with van der Waals surface area (Å²) >= 11 is 7.40. The molecule has 3 aromatic rings. The van der Waals surface area contributed by atoms with Crippen LogP contribution in [0.1, 0.15) is 11.1 Å². The van der Waals surface area contributed by atoms with Gasteiger partial charge in [0.05, 0.1) is 28.9 Å². The Hall–Kier alpha value is -2.62. The predicted molar refractivity (Wildman–Crippen MR) is 98.4 cm³/mol. The van der Waals surface area contributed by atoms with Crippen molar-refractivity contribution < 1.29 is 14.6 Å². The molecule has 3 rings (SSSR count). The summed E-state index contributed by atoms with van der Waals surface area (Å²) in [4.78, 5) is 18.0. The van der Waals surface area contributed by atoms with Crippen molar-refractivity contribution in [3.63, 3.8) is 0 Å². The van der Waals surface area contributed by atoms with Crippen LogP contribution >= 0.6 is 23.4 Å². The van der Waals surface area contributed by atoms with Crippen LogP contribution in [-0.2, 0) is 4.79 Å². The number of hydrogen-bond acceptors (Lipinski definition) is 4. The highest BCUT2D eigenvalue weighted by Gasteiger charge is 2.08. The molecule has 0 atom stereocenters. The van der Waals surface area contributed by atoms with Gasteiger partial charge in [-0.05, 0) is 36.4 Å². The van der Waals surface area contributed by atoms with Gasteiger partial charge in [0.2, 0.25) is 0 Å². The molecule has 0 fully saturated rings. The summed E-state index contributed by atoms with van der Waals surface area (Å²) < 4.78 is 5.12. The maximum atomic E-state index is 10.6. The number of H-pyrrole nitrogens is 1. The number of imidazole rings is 1. The van der Waals surface area contributed by atoms with Crippen molar-refractivity contribution in [2.45, 2.75) is 5.16 Å². The quantitative estimate of drug-likeness (QED) is 0.538. The van der Waals surface area contributed by atoms with Gasteiger partial charge in [0, 0.05) is 11.1 Å². The van der Waals surface area contributed by atoms with Crippen LogP contribution in [-0.4, -0.2) is 33.9 Å². The summed E-state index contributed by atoms with van der Waals surface area (Å²) in [5.74, 6) is 5.92. The maximum Gasteiger partial charge on any atom is 0.313 e. The first kappa shape index (κ1) is 17.2. The highest BCUT2D eigenvalue weighted by atomic mass is 35.5. The molecule has 1 aromatic heterocycles. The van der Waals surface area contributed by atoms with Crippen LogP contribution in [0.15, 0.2) is 41.6 Å². The van der Waals surface area contributed by atoms with Crippen LogP contribution < -0.4 is 4.74 Å². The van der Waals surface area contributed by atoms with Crippen molar-refractivity contribution in [3.05, 3.63) is 52.5 Å². The van der Waals surface area contributed by atoms with E-state index in [-0.39, 0.29) is 5.75 Å². The Balaban J connectivity index is 1.87. The van der Waals surface area contributed by atoms with E-state index in [0.29, 0.717) is 21.3 Å². The Kier molecular flexibility index (Phi) is 5.17. The first-order valence-corrected chi connectivity index (χ1v) is 8.61. The Morgan fingerprint density at radius 3 is 2.76 bits per heavy atom. The standard InChI is InChI=1S/C18H13ClN2O3S/c1-24-13-6-3-11(4-7-13)2-5-12-8-15-16(9-14(12)19)21-18(20-15)25-10-17(22)23/h3-4,6-9H,10H2,1H3,(H,20,21)(H,22,23). The lowest BCUT2D eigenvalue weighted by Gasteiger charge is -1.98. The Labute approximate surface area is 153 Å². The number of benzene rings is 2. The fourth-order valence-corrected chi connectivity index (χ4v) is 2.93. The first-order valence-electron chi connectivity index (χ1n) is 7.25. The summed E-state index contributed by atoms with van der Waals surface area (Å²) in [6.07, 6.45) is 0. The summed E-state index contributed by atoms with van der Waals surface area (Å²) in [6, 6.07) is 11.0. The van der Waals surface area contributed by atoms with Gasteiger partial charge in [-0.1, -0.05) is 35.2 Å². The van der Waals surface area contributed by atoms with Crippen molar-refractivity contribution in [2.75, 3.05) is 12.9 Å². The molecule has 0 saturated heterocycles. The SMILES string of the molecule is COc1ccc(C#Cc2cc3[nH]c(SCC(=O)O)nc3cc2Cl)cc1. The average Bonchev–Trinajstić information content (AvgIpc) is 3.00. The summed E-state index contributed by atoms with van der Waals surface area (Å²) in [6.45, 7) is 0. The van der Waals surface area contributed by atoms with Gasteiger partial charge < -0.3 is 14.8 Å². The van der Waals surface area contributed by atoms with Gasteiger partial charge >= 0.3 is 5.97 Å². The normalized spacial score (nSPS) is 10.3. The number of fused-ring (bicyclic) bond motifs is 1. The van der Waals surface area contributed by atoms with Crippen molar-refractivity contribution >= 4 is 40.4 Å². The van der Waals surface area contributed by atoms with Crippen LogP contribution in [0, 0.1) is 11.8 Å². The van der Waals surface area contributed by atoms with Crippen LogP contribution in [0.2, 0.25) is 5.02 Å². The van der Waals surface area contributed by atoms with E-state index in [9.17, 15) is 4.79 Å². The molecule has 0 saturated carbocycles. The molecule has 7 heteroatoms. The molecule has 2 aromatic carbocycles. The second kappa shape index (κ2) is 7.51. The smallest absolute Gasteiger partial charge is 0.313 e. The van der Waals surface area contributed by atoms with Gasteiger partial charge in [-0.25, -0.2) is 4.98 Å². The Morgan fingerprint density at radius 2 is 2.08 bits per heavy atom. The molecule has 2 N–H and O–H groups in total. The average molecular weight is 373 g/mol. The van der Waals surface area contributed by atoms with Crippen molar-refractivity contribution in [3.8, 4) is 17.6 Å². The molecular weight excluding hydrogens is 360 g/mol. The van der Waals surface area contributed by atoms with E-state index in [1.165, 1.54) is 0 Å². The van der Waals surface area contributed by atoms with E-state index in [1.807, 2.05) is 30.3 Å². The lowest BCUT2D eigenvalue weighted by atomic mass is 10.1. The van der Waals surface area contributed by atoms with Crippen LogP contribution in [0.5, 0.6) is 5.75 Å². The van der Waals surface area contributed by atoms with Gasteiger partial charge in [-0.15, -0.1) is 0 Å². The first-order chi connectivity index (χ1) is 12.0. The van der Waals surface area contributed by atoms with E-state index in [1.54, 1.807) is 13.2 Å². The van der Waals surface area contributed by atoms with E-state index in [4.69, 9.17) is 21.4 Å². The number of aromatic amines is 1. The number of nitrogens with zero attached hydrogens (tertiary/aromatic N) is 1. The van der Waals surface area contributed by atoms with Gasteiger partial charge in [0.15, 0.2) is 5.16 Å². The third-order valence-corrected chi connectivity index (χ3v) is 4.48. The molecule has 25 heavy (non-hydrogen) atoms. The lowest BCUT2D eigenvalue weighted by Crippen LogP contribution is -1.97. The zero-order valence-electron chi connectivity index (χ0n) is 13.2.